The molecular formula is C14H18N4O3. The van der Waals surface area contributed by atoms with Crippen LogP contribution >= 0.6 is 0 Å². The lowest BCUT2D eigenvalue weighted by Gasteiger charge is -2.31. The van der Waals surface area contributed by atoms with Crippen LogP contribution < -0.4 is 5.73 Å². The highest BCUT2D eigenvalue weighted by Crippen LogP contribution is 2.37. The minimum absolute atomic E-state index is 0.0544. The minimum atomic E-state index is -0.575. The number of carbonyl (C=O) groups excluding carboxylic acids is 1. The minimum Gasteiger partial charge on any atom is -0.384 e. The van der Waals surface area contributed by atoms with Crippen LogP contribution in [0.15, 0.2) is 12.3 Å². The van der Waals surface area contributed by atoms with Crippen molar-refractivity contribution in [3.63, 3.8) is 0 Å². The van der Waals surface area contributed by atoms with Gasteiger partial charge in [0.15, 0.2) is 0 Å². The third-order valence-electron chi connectivity index (χ3n) is 4.60. The topological polar surface area (TPSA) is 102 Å². The summed E-state index contributed by atoms with van der Waals surface area (Å²) in [5, 5.41) is 11.1. The van der Waals surface area contributed by atoms with Crippen LogP contribution in [-0.2, 0) is 0 Å². The number of hydrogen-bond acceptors (Lipinski definition) is 5. The Hall–Kier alpha value is -2.18. The first kappa shape index (κ1) is 13.8. The van der Waals surface area contributed by atoms with Gasteiger partial charge in [-0.2, -0.15) is 0 Å². The van der Waals surface area contributed by atoms with Gasteiger partial charge in [-0.05, 0) is 31.2 Å². The third kappa shape index (κ3) is 2.43. The molecule has 7 heteroatoms. The summed E-state index contributed by atoms with van der Waals surface area (Å²) in [6, 6.07) is 1.54. The van der Waals surface area contributed by atoms with E-state index in [0.717, 1.165) is 31.9 Å². The molecular weight excluding hydrogens is 272 g/mol. The predicted octanol–water partition coefficient (Wildman–Crippen LogP) is 1.98. The zero-order valence-electron chi connectivity index (χ0n) is 11.7. The largest absolute Gasteiger partial charge is 0.384 e. The van der Waals surface area contributed by atoms with Gasteiger partial charge in [-0.15, -0.1) is 0 Å². The molecule has 2 aliphatic rings. The summed E-state index contributed by atoms with van der Waals surface area (Å²) in [6.45, 7) is 0.674. The molecule has 1 saturated carbocycles. The Bertz CT molecular complexity index is 590. The summed E-state index contributed by atoms with van der Waals surface area (Å²) >= 11 is 0. The highest BCUT2D eigenvalue weighted by Gasteiger charge is 2.40. The fourth-order valence-electron chi connectivity index (χ4n) is 3.59. The molecule has 2 fully saturated rings. The maximum Gasteiger partial charge on any atom is 0.300 e. The third-order valence-corrected chi connectivity index (χ3v) is 4.60. The van der Waals surface area contributed by atoms with Crippen molar-refractivity contribution in [1.29, 1.82) is 0 Å². The van der Waals surface area contributed by atoms with Crippen molar-refractivity contribution in [3.8, 4) is 0 Å². The molecule has 21 heavy (non-hydrogen) atoms. The zero-order chi connectivity index (χ0) is 15.0. The lowest BCUT2D eigenvalue weighted by molar-refractivity contribution is -0.385. The second-order valence-corrected chi connectivity index (χ2v) is 5.78. The highest BCUT2D eigenvalue weighted by atomic mass is 16.6. The number of nitrogens with zero attached hydrogens (tertiary/aromatic N) is 3. The number of nitro groups is 1. The van der Waals surface area contributed by atoms with E-state index in [2.05, 4.69) is 4.98 Å². The van der Waals surface area contributed by atoms with Crippen LogP contribution in [-0.4, -0.2) is 33.3 Å². The first-order valence-electron chi connectivity index (χ1n) is 7.29. The SMILES string of the molecule is Nc1cc(C(=O)N2CCC3CCCCC32)c([N+](=O)[O-])cn1. The summed E-state index contributed by atoms with van der Waals surface area (Å²) in [5.41, 5.74) is 5.38. The molecule has 1 aromatic rings. The van der Waals surface area contributed by atoms with Crippen LogP contribution in [0, 0.1) is 16.0 Å². The van der Waals surface area contributed by atoms with Crippen LogP contribution in [0.25, 0.3) is 0 Å². The van der Waals surface area contributed by atoms with E-state index in [1.165, 1.54) is 12.5 Å². The van der Waals surface area contributed by atoms with Gasteiger partial charge in [-0.1, -0.05) is 12.8 Å². The van der Waals surface area contributed by atoms with E-state index in [0.29, 0.717) is 12.5 Å². The highest BCUT2D eigenvalue weighted by molar-refractivity contribution is 5.99. The van der Waals surface area contributed by atoms with Crippen LogP contribution in [0.5, 0.6) is 0 Å². The molecule has 7 nitrogen and oxygen atoms in total. The van der Waals surface area contributed by atoms with Gasteiger partial charge >= 0.3 is 0 Å². The number of amides is 1. The fourth-order valence-corrected chi connectivity index (χ4v) is 3.59. The molecule has 1 amide bonds. The average molecular weight is 290 g/mol. The van der Waals surface area contributed by atoms with Gasteiger partial charge in [0.1, 0.15) is 17.6 Å². The van der Waals surface area contributed by atoms with Crippen molar-refractivity contribution < 1.29 is 9.72 Å². The molecule has 0 spiro atoms. The smallest absolute Gasteiger partial charge is 0.300 e. The Kier molecular flexibility index (Phi) is 3.48. The van der Waals surface area contributed by atoms with Crippen molar-refractivity contribution in [2.24, 2.45) is 5.92 Å². The molecule has 112 valence electrons. The first-order chi connectivity index (χ1) is 10.1. The number of fused-ring (bicyclic) bond motifs is 1. The molecule has 1 saturated heterocycles. The van der Waals surface area contributed by atoms with E-state index in [1.54, 1.807) is 4.90 Å². The number of aromatic nitrogens is 1. The van der Waals surface area contributed by atoms with Gasteiger partial charge in [0.05, 0.1) is 4.92 Å². The number of nitrogen functional groups attached to an aromatic ring is 1. The van der Waals surface area contributed by atoms with Crippen molar-refractivity contribution in [2.45, 2.75) is 38.1 Å². The number of carbonyl (C=O) groups is 1. The fraction of sp³-hybridized carbons (Fsp3) is 0.571. The lowest BCUT2D eigenvalue weighted by Crippen LogP contribution is -2.39. The summed E-state index contributed by atoms with van der Waals surface area (Å²) in [6.07, 6.45) is 6.53. The number of hydrogen-bond donors (Lipinski definition) is 1. The molecule has 1 aliphatic carbocycles. The van der Waals surface area contributed by atoms with Crippen LogP contribution in [0.3, 0.4) is 0 Å². The Morgan fingerprint density at radius 3 is 2.90 bits per heavy atom. The molecule has 0 aromatic carbocycles. The maximum absolute atomic E-state index is 12.7. The Morgan fingerprint density at radius 1 is 1.38 bits per heavy atom. The lowest BCUT2D eigenvalue weighted by atomic mass is 9.85. The van der Waals surface area contributed by atoms with Crippen molar-refractivity contribution in [1.82, 2.24) is 9.88 Å². The summed E-state index contributed by atoms with van der Waals surface area (Å²) < 4.78 is 0. The van der Waals surface area contributed by atoms with E-state index >= 15 is 0 Å². The van der Waals surface area contributed by atoms with Gasteiger partial charge in [0.2, 0.25) is 0 Å². The molecule has 2 atom stereocenters. The molecule has 3 rings (SSSR count). The zero-order valence-corrected chi connectivity index (χ0v) is 11.7. The number of likely N-dealkylation sites (tertiary alicyclic amines) is 1. The van der Waals surface area contributed by atoms with Crippen LogP contribution in [0.4, 0.5) is 11.5 Å². The summed E-state index contributed by atoms with van der Waals surface area (Å²) in [7, 11) is 0. The second kappa shape index (κ2) is 5.31. The van der Waals surface area contributed by atoms with Gasteiger partial charge < -0.3 is 10.6 Å². The van der Waals surface area contributed by atoms with Crippen molar-refractivity contribution in [3.05, 3.63) is 27.9 Å². The maximum atomic E-state index is 12.7. The first-order valence-corrected chi connectivity index (χ1v) is 7.29. The van der Waals surface area contributed by atoms with E-state index < -0.39 is 4.92 Å². The monoisotopic (exact) mass is 290 g/mol. The van der Waals surface area contributed by atoms with Crippen molar-refractivity contribution in [2.75, 3.05) is 12.3 Å². The average Bonchev–Trinajstić information content (AvgIpc) is 2.90. The van der Waals surface area contributed by atoms with E-state index in [1.807, 2.05) is 0 Å². The van der Waals surface area contributed by atoms with Gasteiger partial charge in [0.25, 0.3) is 11.6 Å². The summed E-state index contributed by atoms with van der Waals surface area (Å²) in [5.74, 6) is 0.384. The van der Waals surface area contributed by atoms with E-state index in [-0.39, 0.29) is 29.0 Å². The van der Waals surface area contributed by atoms with E-state index in [9.17, 15) is 14.9 Å². The van der Waals surface area contributed by atoms with Crippen molar-refractivity contribution >= 4 is 17.4 Å². The molecule has 2 unspecified atom stereocenters. The Morgan fingerprint density at radius 2 is 2.14 bits per heavy atom. The normalized spacial score (nSPS) is 24.7. The quantitative estimate of drug-likeness (QED) is 0.662. The molecule has 0 radical (unpaired) electrons. The standard InChI is InChI=1S/C14H18N4O3/c15-13-7-10(12(8-16-13)18(20)21)14(19)17-6-5-9-3-1-2-4-11(9)17/h7-9,11H,1-6H2,(H2,15,16). The number of rotatable bonds is 2. The van der Waals surface area contributed by atoms with Crippen LogP contribution in [0.2, 0.25) is 0 Å². The molecule has 0 bridgehead atoms. The number of pyridine rings is 1. The van der Waals surface area contributed by atoms with E-state index in [4.69, 9.17) is 5.73 Å². The molecule has 1 aliphatic heterocycles. The van der Waals surface area contributed by atoms with Crippen LogP contribution in [0.1, 0.15) is 42.5 Å². The number of nitrogens with two attached hydrogens (primary N) is 1. The Labute approximate surface area is 122 Å². The molecule has 2 heterocycles. The second-order valence-electron chi connectivity index (χ2n) is 5.78. The summed E-state index contributed by atoms with van der Waals surface area (Å²) in [4.78, 5) is 28.7. The predicted molar refractivity (Wildman–Crippen MR) is 76.7 cm³/mol. The molecule has 1 aromatic heterocycles. The molecule has 2 N–H and O–H groups in total. The van der Waals surface area contributed by atoms with Gasteiger partial charge in [0, 0.05) is 12.6 Å². The Balaban J connectivity index is 1.92. The van der Waals surface area contributed by atoms with Gasteiger partial charge in [-0.25, -0.2) is 4.98 Å². The van der Waals surface area contributed by atoms with Gasteiger partial charge in [-0.3, -0.25) is 14.9 Å². The number of anilines is 1.